The second kappa shape index (κ2) is 8.80. The highest BCUT2D eigenvalue weighted by Gasteiger charge is 2.21. The third kappa shape index (κ3) is 4.76. The summed E-state index contributed by atoms with van der Waals surface area (Å²) in [5.41, 5.74) is 4.23. The van der Waals surface area contributed by atoms with Gasteiger partial charge in [0, 0.05) is 12.1 Å². The normalized spacial score (nSPS) is 12.1. The Balaban J connectivity index is 1.54. The third-order valence-corrected chi connectivity index (χ3v) is 4.79. The van der Waals surface area contributed by atoms with Crippen molar-refractivity contribution in [2.24, 2.45) is 0 Å². The lowest BCUT2D eigenvalue weighted by atomic mass is 10.1. The van der Waals surface area contributed by atoms with E-state index in [2.05, 4.69) is 46.7 Å². The first-order chi connectivity index (χ1) is 14.2. The van der Waals surface area contributed by atoms with E-state index in [1.807, 2.05) is 30.3 Å². The Morgan fingerprint density at radius 1 is 0.897 bits per heavy atom. The maximum Gasteiger partial charge on any atom is 0.247 e. The Morgan fingerprint density at radius 3 is 2.34 bits per heavy atom. The van der Waals surface area contributed by atoms with E-state index in [0.29, 0.717) is 18.3 Å². The van der Waals surface area contributed by atoms with Gasteiger partial charge in [-0.05, 0) is 48.7 Å². The number of benzene rings is 3. The second-order valence-electron chi connectivity index (χ2n) is 6.99. The Bertz CT molecular complexity index is 1040. The quantitative estimate of drug-likeness (QED) is 0.479. The van der Waals surface area contributed by atoms with E-state index < -0.39 is 0 Å². The molecule has 4 aromatic rings. The first-order valence-corrected chi connectivity index (χ1v) is 9.62. The van der Waals surface area contributed by atoms with Gasteiger partial charge in [-0.15, -0.1) is 10.2 Å². The first-order valence-electron chi connectivity index (χ1n) is 9.62. The van der Waals surface area contributed by atoms with Gasteiger partial charge in [-0.1, -0.05) is 60.2 Å². The van der Waals surface area contributed by atoms with Crippen molar-refractivity contribution < 1.29 is 8.81 Å². The average molecular weight is 387 g/mol. The maximum atomic E-state index is 13.4. The van der Waals surface area contributed by atoms with Gasteiger partial charge in [-0.2, -0.15) is 0 Å². The van der Waals surface area contributed by atoms with Gasteiger partial charge in [0.1, 0.15) is 11.9 Å². The predicted molar refractivity (Wildman–Crippen MR) is 111 cm³/mol. The summed E-state index contributed by atoms with van der Waals surface area (Å²) in [6, 6.07) is 24.2. The van der Waals surface area contributed by atoms with Crippen molar-refractivity contribution >= 4 is 0 Å². The minimum Gasteiger partial charge on any atom is -0.419 e. The minimum absolute atomic E-state index is 0.275. The van der Waals surface area contributed by atoms with Crippen LogP contribution in [0.2, 0.25) is 0 Å². The van der Waals surface area contributed by atoms with Crippen molar-refractivity contribution in [1.82, 2.24) is 15.5 Å². The molecule has 3 aromatic carbocycles. The SMILES string of the molecule is Cc1ccc(CCN[C@@H](c2ccc(F)cc2)c2nnc(-c3ccccc3)o2)cc1. The molecular formula is C24H22FN3O. The highest BCUT2D eigenvalue weighted by atomic mass is 19.1. The lowest BCUT2D eigenvalue weighted by Crippen LogP contribution is -2.25. The molecule has 146 valence electrons. The monoisotopic (exact) mass is 387 g/mol. The number of aryl methyl sites for hydroxylation is 1. The van der Waals surface area contributed by atoms with Crippen molar-refractivity contribution in [2.45, 2.75) is 19.4 Å². The fraction of sp³-hybridized carbons (Fsp3) is 0.167. The number of nitrogens with zero attached hydrogens (tertiary/aromatic N) is 2. The van der Waals surface area contributed by atoms with Crippen molar-refractivity contribution in [3.63, 3.8) is 0 Å². The summed E-state index contributed by atoms with van der Waals surface area (Å²) in [5.74, 6) is 0.648. The van der Waals surface area contributed by atoms with E-state index >= 15 is 0 Å². The van der Waals surface area contributed by atoms with Crippen LogP contribution in [0.25, 0.3) is 11.5 Å². The Morgan fingerprint density at radius 2 is 1.62 bits per heavy atom. The van der Waals surface area contributed by atoms with Crippen LogP contribution in [0.1, 0.15) is 28.6 Å². The van der Waals surface area contributed by atoms with Crippen LogP contribution in [0, 0.1) is 12.7 Å². The van der Waals surface area contributed by atoms with Crippen LogP contribution in [0.5, 0.6) is 0 Å². The largest absolute Gasteiger partial charge is 0.419 e. The van der Waals surface area contributed by atoms with Gasteiger partial charge in [0.05, 0.1) is 0 Å². The molecule has 0 saturated carbocycles. The number of rotatable bonds is 7. The van der Waals surface area contributed by atoms with Crippen LogP contribution in [0.3, 0.4) is 0 Å². The van der Waals surface area contributed by atoms with Crippen LogP contribution in [0.15, 0.2) is 83.3 Å². The van der Waals surface area contributed by atoms with Crippen molar-refractivity contribution in [3.05, 3.63) is 107 Å². The molecule has 0 aliphatic rings. The standard InChI is InChI=1S/C24H22FN3O/c1-17-7-9-18(10-8-17)15-16-26-22(19-11-13-21(25)14-12-19)24-28-27-23(29-24)20-5-3-2-4-6-20/h2-14,22,26H,15-16H2,1H3/t22-/m0/s1. The summed E-state index contributed by atoms with van der Waals surface area (Å²) in [7, 11) is 0. The van der Waals surface area contributed by atoms with E-state index in [-0.39, 0.29) is 11.9 Å². The van der Waals surface area contributed by atoms with Crippen molar-refractivity contribution in [1.29, 1.82) is 0 Å². The van der Waals surface area contributed by atoms with Crippen LogP contribution in [0.4, 0.5) is 4.39 Å². The summed E-state index contributed by atoms with van der Waals surface area (Å²) < 4.78 is 19.4. The topological polar surface area (TPSA) is 51.0 Å². The predicted octanol–water partition coefficient (Wildman–Crippen LogP) is 5.11. The van der Waals surface area contributed by atoms with E-state index in [0.717, 1.165) is 17.5 Å². The van der Waals surface area contributed by atoms with Gasteiger partial charge in [-0.25, -0.2) is 4.39 Å². The summed E-state index contributed by atoms with van der Waals surface area (Å²) in [5, 5.41) is 11.9. The molecule has 29 heavy (non-hydrogen) atoms. The highest BCUT2D eigenvalue weighted by Crippen LogP contribution is 2.25. The van der Waals surface area contributed by atoms with Crippen molar-refractivity contribution in [2.75, 3.05) is 6.54 Å². The number of hydrogen-bond acceptors (Lipinski definition) is 4. The molecule has 1 heterocycles. The average Bonchev–Trinajstić information content (AvgIpc) is 3.24. The molecule has 0 fully saturated rings. The van der Waals surface area contributed by atoms with E-state index in [4.69, 9.17) is 4.42 Å². The lowest BCUT2D eigenvalue weighted by Gasteiger charge is -2.16. The molecular weight excluding hydrogens is 365 g/mol. The Labute approximate surface area is 169 Å². The van der Waals surface area contributed by atoms with Crippen LogP contribution in [-0.4, -0.2) is 16.7 Å². The fourth-order valence-corrected chi connectivity index (χ4v) is 3.17. The zero-order valence-electron chi connectivity index (χ0n) is 16.2. The summed E-state index contributed by atoms with van der Waals surface area (Å²) in [4.78, 5) is 0. The fourth-order valence-electron chi connectivity index (χ4n) is 3.17. The molecule has 1 aromatic heterocycles. The van der Waals surface area contributed by atoms with Gasteiger partial charge in [0.15, 0.2) is 0 Å². The summed E-state index contributed by atoms with van der Waals surface area (Å²) in [6.07, 6.45) is 0.859. The van der Waals surface area contributed by atoms with Gasteiger partial charge < -0.3 is 9.73 Å². The molecule has 0 amide bonds. The summed E-state index contributed by atoms with van der Waals surface area (Å²) >= 11 is 0. The molecule has 0 saturated heterocycles. The molecule has 1 N–H and O–H groups in total. The first kappa shape index (κ1) is 19.0. The van der Waals surface area contributed by atoms with Gasteiger partial charge in [0.2, 0.25) is 11.8 Å². The smallest absolute Gasteiger partial charge is 0.247 e. The zero-order valence-corrected chi connectivity index (χ0v) is 16.2. The van der Waals surface area contributed by atoms with Crippen molar-refractivity contribution in [3.8, 4) is 11.5 Å². The molecule has 0 aliphatic carbocycles. The molecule has 0 bridgehead atoms. The van der Waals surface area contributed by atoms with Gasteiger partial charge in [-0.3, -0.25) is 0 Å². The molecule has 4 rings (SSSR count). The van der Waals surface area contributed by atoms with E-state index in [9.17, 15) is 4.39 Å². The maximum absolute atomic E-state index is 13.4. The molecule has 0 unspecified atom stereocenters. The number of halogens is 1. The number of nitrogens with one attached hydrogen (secondary N) is 1. The second-order valence-corrected chi connectivity index (χ2v) is 6.99. The van der Waals surface area contributed by atoms with Crippen LogP contribution in [-0.2, 0) is 6.42 Å². The lowest BCUT2D eigenvalue weighted by molar-refractivity contribution is 0.440. The summed E-state index contributed by atoms with van der Waals surface area (Å²) in [6.45, 7) is 2.79. The molecule has 4 nitrogen and oxygen atoms in total. The number of aromatic nitrogens is 2. The van der Waals surface area contributed by atoms with Gasteiger partial charge >= 0.3 is 0 Å². The molecule has 1 atom stereocenters. The molecule has 0 spiro atoms. The van der Waals surface area contributed by atoms with Crippen LogP contribution < -0.4 is 5.32 Å². The number of hydrogen-bond donors (Lipinski definition) is 1. The molecule has 0 aliphatic heterocycles. The third-order valence-electron chi connectivity index (χ3n) is 4.79. The van der Waals surface area contributed by atoms with Crippen LogP contribution >= 0.6 is 0 Å². The van der Waals surface area contributed by atoms with Gasteiger partial charge in [0.25, 0.3) is 0 Å². The zero-order chi connectivity index (χ0) is 20.1. The minimum atomic E-state index is -0.314. The van der Waals surface area contributed by atoms with E-state index in [1.54, 1.807) is 12.1 Å². The molecule has 0 radical (unpaired) electrons. The Hall–Kier alpha value is -3.31. The highest BCUT2D eigenvalue weighted by molar-refractivity contribution is 5.51. The van der Waals surface area contributed by atoms with E-state index in [1.165, 1.54) is 23.3 Å². The molecule has 5 heteroatoms. The Kier molecular flexibility index (Phi) is 5.77.